The van der Waals surface area contributed by atoms with Crippen LogP contribution in [0.5, 0.6) is 0 Å². The Morgan fingerprint density at radius 2 is 1.63 bits per heavy atom. The molecule has 2 amide bonds. The van der Waals surface area contributed by atoms with Crippen LogP contribution in [0.1, 0.15) is 55.3 Å². The molecule has 4 aliphatic rings. The molecule has 4 bridgehead atoms. The van der Waals surface area contributed by atoms with Crippen molar-refractivity contribution in [1.82, 2.24) is 10.9 Å². The number of carbonyl (C=O) groups excluding carboxylic acids is 2. The second-order valence-electron chi connectivity index (χ2n) is 9.34. The molecule has 10 heteroatoms. The van der Waals surface area contributed by atoms with E-state index in [1.165, 1.54) is 19.3 Å². The molecular weight excluding hydrogens is 410 g/mol. The highest BCUT2D eigenvalue weighted by Gasteiger charge is 2.51. The Labute approximate surface area is 174 Å². The number of nitrogens with zero attached hydrogens (tertiary/aromatic N) is 1. The number of hydrogen-bond acceptors (Lipinski definition) is 6. The number of amides is 2. The van der Waals surface area contributed by atoms with Crippen LogP contribution in [-0.4, -0.2) is 31.4 Å². The average Bonchev–Trinajstić information content (AvgIpc) is 2.63. The number of non-ortho nitro benzene ring substituents is 1. The Morgan fingerprint density at radius 3 is 2.13 bits per heavy atom. The summed E-state index contributed by atoms with van der Waals surface area (Å²) < 4.78 is 23.6. The highest BCUT2D eigenvalue weighted by molar-refractivity contribution is 7.90. The predicted octanol–water partition coefficient (Wildman–Crippen LogP) is 2.37. The molecule has 1 aromatic rings. The van der Waals surface area contributed by atoms with Crippen molar-refractivity contribution in [2.75, 3.05) is 6.26 Å². The van der Waals surface area contributed by atoms with Crippen LogP contribution in [0.4, 0.5) is 5.69 Å². The molecule has 4 aliphatic carbocycles. The zero-order valence-electron chi connectivity index (χ0n) is 16.7. The van der Waals surface area contributed by atoms with Gasteiger partial charge in [-0.05, 0) is 67.8 Å². The third-order valence-electron chi connectivity index (χ3n) is 6.81. The highest BCUT2D eigenvalue weighted by atomic mass is 32.2. The topological polar surface area (TPSA) is 135 Å². The van der Waals surface area contributed by atoms with Crippen molar-refractivity contribution in [3.8, 4) is 0 Å². The van der Waals surface area contributed by atoms with Gasteiger partial charge in [-0.15, -0.1) is 0 Å². The third kappa shape index (κ3) is 4.19. The van der Waals surface area contributed by atoms with Gasteiger partial charge in [0.05, 0.1) is 9.82 Å². The highest BCUT2D eigenvalue weighted by Crippen LogP contribution is 2.61. The van der Waals surface area contributed by atoms with E-state index in [2.05, 4.69) is 10.9 Å². The van der Waals surface area contributed by atoms with Gasteiger partial charge in [-0.3, -0.25) is 30.6 Å². The maximum Gasteiger partial charge on any atom is 0.271 e. The van der Waals surface area contributed by atoms with Crippen LogP contribution in [0.15, 0.2) is 23.1 Å². The van der Waals surface area contributed by atoms with Gasteiger partial charge in [0.2, 0.25) is 5.91 Å². The Hall–Kier alpha value is -2.49. The Balaban J connectivity index is 1.42. The first-order valence-electron chi connectivity index (χ1n) is 10.1. The third-order valence-corrected chi connectivity index (χ3v) is 7.90. The molecule has 0 aromatic heterocycles. The number of rotatable bonds is 5. The number of hydrogen-bond donors (Lipinski definition) is 2. The molecule has 0 atom stereocenters. The number of nitro groups is 1. The summed E-state index contributed by atoms with van der Waals surface area (Å²) in [5, 5.41) is 11.1. The molecule has 0 radical (unpaired) electrons. The van der Waals surface area contributed by atoms with Gasteiger partial charge in [0.15, 0.2) is 9.84 Å². The first-order valence-corrected chi connectivity index (χ1v) is 12.0. The fraction of sp³-hybridized carbons (Fsp3) is 0.600. The number of benzene rings is 1. The van der Waals surface area contributed by atoms with Crippen molar-refractivity contribution < 1.29 is 22.9 Å². The lowest BCUT2D eigenvalue weighted by molar-refractivity contribution is -0.385. The summed E-state index contributed by atoms with van der Waals surface area (Å²) in [6, 6.07) is 2.94. The van der Waals surface area contributed by atoms with E-state index in [1.807, 2.05) is 0 Å². The Kier molecular flexibility index (Phi) is 5.08. The van der Waals surface area contributed by atoms with E-state index in [0.29, 0.717) is 24.2 Å². The van der Waals surface area contributed by atoms with Crippen LogP contribution in [0.3, 0.4) is 0 Å². The van der Waals surface area contributed by atoms with Gasteiger partial charge in [-0.25, -0.2) is 8.42 Å². The molecule has 4 fully saturated rings. The SMILES string of the molecule is CS(=O)(=O)c1cc(C(=O)NNC(=O)CC23CC4CC(CC(C4)C2)C3)cc([N+](=O)[O-])c1. The van der Waals surface area contributed by atoms with Gasteiger partial charge in [-0.1, -0.05) is 0 Å². The molecule has 9 nitrogen and oxygen atoms in total. The van der Waals surface area contributed by atoms with Crippen LogP contribution in [-0.2, 0) is 14.6 Å². The molecule has 30 heavy (non-hydrogen) atoms. The van der Waals surface area contributed by atoms with Crippen molar-refractivity contribution in [3.05, 3.63) is 33.9 Å². The molecule has 1 aromatic carbocycles. The quantitative estimate of drug-likeness (QED) is 0.538. The lowest BCUT2D eigenvalue weighted by atomic mass is 9.49. The summed E-state index contributed by atoms with van der Waals surface area (Å²) in [5.74, 6) is 1.02. The van der Waals surface area contributed by atoms with Crippen molar-refractivity contribution in [3.63, 3.8) is 0 Å². The van der Waals surface area contributed by atoms with Gasteiger partial charge in [0, 0.05) is 30.4 Å². The first-order chi connectivity index (χ1) is 14.0. The van der Waals surface area contributed by atoms with E-state index >= 15 is 0 Å². The van der Waals surface area contributed by atoms with Crippen LogP contribution in [0.25, 0.3) is 0 Å². The van der Waals surface area contributed by atoms with Crippen molar-refractivity contribution >= 4 is 27.3 Å². The normalized spacial score (nSPS) is 29.4. The van der Waals surface area contributed by atoms with E-state index in [4.69, 9.17) is 0 Å². The van der Waals surface area contributed by atoms with Crippen LogP contribution in [0.2, 0.25) is 0 Å². The summed E-state index contributed by atoms with van der Waals surface area (Å²) >= 11 is 0. The minimum Gasteiger partial charge on any atom is -0.273 e. The van der Waals surface area contributed by atoms with E-state index < -0.39 is 26.4 Å². The average molecular weight is 436 g/mol. The van der Waals surface area contributed by atoms with Gasteiger partial charge in [-0.2, -0.15) is 0 Å². The van der Waals surface area contributed by atoms with E-state index in [-0.39, 0.29) is 21.8 Å². The first kappa shape index (κ1) is 20.8. The maximum absolute atomic E-state index is 12.5. The van der Waals surface area contributed by atoms with Crippen molar-refractivity contribution in [2.24, 2.45) is 23.2 Å². The summed E-state index contributed by atoms with van der Waals surface area (Å²) in [4.78, 5) is 34.9. The Morgan fingerprint density at radius 1 is 1.07 bits per heavy atom. The van der Waals surface area contributed by atoms with E-state index in [0.717, 1.165) is 43.7 Å². The smallest absolute Gasteiger partial charge is 0.271 e. The number of nitro benzene ring substituents is 1. The zero-order chi connectivity index (χ0) is 21.7. The minimum atomic E-state index is -3.75. The molecule has 0 aliphatic heterocycles. The molecule has 0 unspecified atom stereocenters. The number of sulfone groups is 1. The summed E-state index contributed by atoms with van der Waals surface area (Å²) in [6.07, 6.45) is 8.24. The van der Waals surface area contributed by atoms with Gasteiger partial charge < -0.3 is 0 Å². The summed E-state index contributed by atoms with van der Waals surface area (Å²) in [6.45, 7) is 0. The van der Waals surface area contributed by atoms with E-state index in [1.54, 1.807) is 0 Å². The molecule has 162 valence electrons. The summed E-state index contributed by atoms with van der Waals surface area (Å²) in [5.41, 5.74) is 3.97. The molecule has 0 saturated heterocycles. The monoisotopic (exact) mass is 435 g/mol. The number of nitrogens with one attached hydrogen (secondary N) is 2. The second kappa shape index (κ2) is 7.33. The molecule has 5 rings (SSSR count). The standard InChI is InChI=1S/C20H25N3O6S/c1-30(28,29)17-6-15(5-16(7-17)23(26)27)19(25)22-21-18(24)11-20-8-12-2-13(9-20)4-14(3-12)10-20/h5-7,12-14H,2-4,8-11H2,1H3,(H,21,24)(H,22,25). The van der Waals surface area contributed by atoms with Crippen LogP contribution < -0.4 is 10.9 Å². The van der Waals surface area contributed by atoms with Gasteiger partial charge >= 0.3 is 0 Å². The Bertz CT molecular complexity index is 984. The van der Waals surface area contributed by atoms with Crippen LogP contribution >= 0.6 is 0 Å². The van der Waals surface area contributed by atoms with Crippen molar-refractivity contribution in [1.29, 1.82) is 0 Å². The number of carbonyl (C=O) groups is 2. The fourth-order valence-electron chi connectivity index (χ4n) is 6.12. The fourth-order valence-corrected chi connectivity index (χ4v) is 6.80. The van der Waals surface area contributed by atoms with E-state index in [9.17, 15) is 28.1 Å². The molecule has 0 heterocycles. The zero-order valence-corrected chi connectivity index (χ0v) is 17.5. The second-order valence-corrected chi connectivity index (χ2v) is 11.4. The molecular formula is C20H25N3O6S. The van der Waals surface area contributed by atoms with Crippen LogP contribution in [0, 0.1) is 33.3 Å². The lowest BCUT2D eigenvalue weighted by Crippen LogP contribution is -2.50. The maximum atomic E-state index is 12.5. The van der Waals surface area contributed by atoms with Gasteiger partial charge in [0.1, 0.15) is 0 Å². The largest absolute Gasteiger partial charge is 0.273 e. The predicted molar refractivity (Wildman–Crippen MR) is 107 cm³/mol. The molecule has 0 spiro atoms. The van der Waals surface area contributed by atoms with Gasteiger partial charge in [0.25, 0.3) is 11.6 Å². The van der Waals surface area contributed by atoms with Crippen molar-refractivity contribution in [2.45, 2.75) is 49.8 Å². The summed E-state index contributed by atoms with van der Waals surface area (Å²) in [7, 11) is -3.75. The molecule has 2 N–H and O–H groups in total. The lowest BCUT2D eigenvalue weighted by Gasteiger charge is -2.56. The minimum absolute atomic E-state index is 0.0125. The number of hydrazine groups is 1. The molecule has 4 saturated carbocycles.